The first-order valence-corrected chi connectivity index (χ1v) is 7.28. The lowest BCUT2D eigenvalue weighted by Gasteiger charge is -2.19. The first-order valence-electron chi connectivity index (χ1n) is 7.28. The maximum atomic E-state index is 4.56. The van der Waals surface area contributed by atoms with E-state index in [4.69, 9.17) is 0 Å². The topological polar surface area (TPSA) is 29.9 Å². The van der Waals surface area contributed by atoms with Gasteiger partial charge < -0.3 is 5.32 Å². The predicted molar refractivity (Wildman–Crippen MR) is 87.5 cm³/mol. The van der Waals surface area contributed by atoms with Crippen LogP contribution in [0.3, 0.4) is 0 Å². The number of aromatic nitrogens is 2. The van der Waals surface area contributed by atoms with Gasteiger partial charge in [0.2, 0.25) is 0 Å². The largest absolute Gasteiger partial charge is 0.309 e. The zero-order valence-corrected chi connectivity index (χ0v) is 13.0. The van der Waals surface area contributed by atoms with E-state index < -0.39 is 0 Å². The molecule has 0 saturated carbocycles. The van der Waals surface area contributed by atoms with Crippen LogP contribution in [-0.4, -0.2) is 16.8 Å². The molecule has 2 aromatic carbocycles. The number of hydrogen-bond donors (Lipinski definition) is 1. The molecule has 3 heteroatoms. The van der Waals surface area contributed by atoms with Crippen molar-refractivity contribution in [1.82, 2.24) is 15.1 Å². The van der Waals surface area contributed by atoms with Crippen molar-refractivity contribution in [1.29, 1.82) is 0 Å². The minimum atomic E-state index is 0.157. The van der Waals surface area contributed by atoms with Gasteiger partial charge in [0.15, 0.2) is 0 Å². The maximum Gasteiger partial charge on any atom is 0.0647 e. The number of aryl methyl sites for hydroxylation is 2. The van der Waals surface area contributed by atoms with Crippen LogP contribution in [0.25, 0.3) is 10.8 Å². The van der Waals surface area contributed by atoms with E-state index in [1.54, 1.807) is 0 Å². The summed E-state index contributed by atoms with van der Waals surface area (Å²) in [6.45, 7) is 4.21. The molecule has 0 spiro atoms. The molecule has 1 atom stereocenters. The molecule has 1 unspecified atom stereocenters. The van der Waals surface area contributed by atoms with Crippen molar-refractivity contribution >= 4 is 10.8 Å². The van der Waals surface area contributed by atoms with Gasteiger partial charge in [-0.25, -0.2) is 0 Å². The van der Waals surface area contributed by atoms with Crippen molar-refractivity contribution < 1.29 is 0 Å². The molecular formula is C18H21N3. The van der Waals surface area contributed by atoms with Crippen molar-refractivity contribution in [3.05, 3.63) is 65.0 Å². The molecule has 1 heterocycles. The normalized spacial score (nSPS) is 12.8. The van der Waals surface area contributed by atoms with Crippen LogP contribution in [0, 0.1) is 13.8 Å². The fourth-order valence-corrected chi connectivity index (χ4v) is 3.17. The number of nitrogens with one attached hydrogen (secondary N) is 1. The van der Waals surface area contributed by atoms with Crippen LogP contribution >= 0.6 is 0 Å². The predicted octanol–water partition coefficient (Wildman–Crippen LogP) is 3.50. The Labute approximate surface area is 125 Å². The third kappa shape index (κ3) is 2.24. The molecule has 0 saturated heterocycles. The van der Waals surface area contributed by atoms with Crippen molar-refractivity contribution in [2.24, 2.45) is 7.05 Å². The van der Waals surface area contributed by atoms with E-state index in [2.05, 4.69) is 66.7 Å². The van der Waals surface area contributed by atoms with E-state index in [0.29, 0.717) is 0 Å². The van der Waals surface area contributed by atoms with Crippen molar-refractivity contribution in [3.63, 3.8) is 0 Å². The third-order valence-electron chi connectivity index (χ3n) is 4.28. The molecule has 108 valence electrons. The summed E-state index contributed by atoms with van der Waals surface area (Å²) in [5, 5.41) is 10.6. The molecule has 0 aliphatic carbocycles. The fraction of sp³-hybridized carbons (Fsp3) is 0.278. The Balaban J connectivity index is 2.23. The Morgan fingerprint density at radius 3 is 2.43 bits per heavy atom. The minimum absolute atomic E-state index is 0.157. The standard InChI is InChI=1S/C18H21N3/c1-12-17(13(2)21(4)20-12)18(19-3)16-11-7-9-14-8-5-6-10-15(14)16/h5-11,18-19H,1-4H3. The minimum Gasteiger partial charge on any atom is -0.309 e. The first kappa shape index (κ1) is 13.8. The second-order valence-electron chi connectivity index (χ2n) is 5.50. The molecule has 1 aromatic heterocycles. The van der Waals surface area contributed by atoms with E-state index in [1.807, 2.05) is 18.8 Å². The average molecular weight is 279 g/mol. The molecule has 0 fully saturated rings. The third-order valence-corrected chi connectivity index (χ3v) is 4.28. The van der Waals surface area contributed by atoms with Crippen LogP contribution in [0.2, 0.25) is 0 Å². The Morgan fingerprint density at radius 1 is 1.05 bits per heavy atom. The monoisotopic (exact) mass is 279 g/mol. The van der Waals surface area contributed by atoms with Crippen LogP contribution < -0.4 is 5.32 Å². The second kappa shape index (κ2) is 5.34. The maximum absolute atomic E-state index is 4.56. The van der Waals surface area contributed by atoms with Gasteiger partial charge in [-0.05, 0) is 37.2 Å². The Kier molecular flexibility index (Phi) is 3.52. The van der Waals surface area contributed by atoms with Gasteiger partial charge in [-0.3, -0.25) is 4.68 Å². The van der Waals surface area contributed by atoms with Gasteiger partial charge in [0, 0.05) is 18.3 Å². The van der Waals surface area contributed by atoms with Crippen molar-refractivity contribution in [2.75, 3.05) is 7.05 Å². The van der Waals surface area contributed by atoms with Crippen LogP contribution in [0.5, 0.6) is 0 Å². The lowest BCUT2D eigenvalue weighted by molar-refractivity contribution is 0.682. The number of nitrogens with zero attached hydrogens (tertiary/aromatic N) is 2. The SMILES string of the molecule is CNC(c1c(C)nn(C)c1C)c1cccc2ccccc12. The quantitative estimate of drug-likeness (QED) is 0.795. The van der Waals surface area contributed by atoms with Crippen LogP contribution in [-0.2, 0) is 7.05 Å². The van der Waals surface area contributed by atoms with Crippen molar-refractivity contribution in [2.45, 2.75) is 19.9 Å². The summed E-state index contributed by atoms with van der Waals surface area (Å²) in [7, 11) is 4.01. The summed E-state index contributed by atoms with van der Waals surface area (Å²) >= 11 is 0. The number of rotatable bonds is 3. The van der Waals surface area contributed by atoms with Crippen LogP contribution in [0.1, 0.15) is 28.6 Å². The molecule has 0 aliphatic heterocycles. The van der Waals surface area contributed by atoms with Gasteiger partial charge in [-0.2, -0.15) is 5.10 Å². The Bertz CT molecular complexity index is 781. The number of hydrogen-bond acceptors (Lipinski definition) is 2. The van der Waals surface area contributed by atoms with Gasteiger partial charge in [0.1, 0.15) is 0 Å². The van der Waals surface area contributed by atoms with Crippen molar-refractivity contribution in [3.8, 4) is 0 Å². The fourth-order valence-electron chi connectivity index (χ4n) is 3.17. The van der Waals surface area contributed by atoms with Crippen LogP contribution in [0.15, 0.2) is 42.5 Å². The van der Waals surface area contributed by atoms with Gasteiger partial charge in [0.05, 0.1) is 11.7 Å². The average Bonchev–Trinajstić information content (AvgIpc) is 2.75. The highest BCUT2D eigenvalue weighted by Crippen LogP contribution is 2.31. The molecule has 21 heavy (non-hydrogen) atoms. The van der Waals surface area contributed by atoms with E-state index in [-0.39, 0.29) is 6.04 Å². The molecule has 0 bridgehead atoms. The summed E-state index contributed by atoms with van der Waals surface area (Å²) in [6.07, 6.45) is 0. The zero-order valence-electron chi connectivity index (χ0n) is 13.0. The summed E-state index contributed by atoms with van der Waals surface area (Å²) in [4.78, 5) is 0. The molecule has 3 aromatic rings. The van der Waals surface area contributed by atoms with Gasteiger partial charge >= 0.3 is 0 Å². The van der Waals surface area contributed by atoms with E-state index in [0.717, 1.165) is 5.69 Å². The van der Waals surface area contributed by atoms with E-state index in [9.17, 15) is 0 Å². The Hall–Kier alpha value is -2.13. The summed E-state index contributed by atoms with van der Waals surface area (Å²) in [5.74, 6) is 0. The molecule has 1 N–H and O–H groups in total. The molecule has 0 aliphatic rings. The summed E-state index contributed by atoms with van der Waals surface area (Å²) in [5.41, 5.74) is 4.87. The lowest BCUT2D eigenvalue weighted by Crippen LogP contribution is -2.19. The lowest BCUT2D eigenvalue weighted by atomic mass is 9.93. The molecular weight excluding hydrogens is 258 g/mol. The molecule has 3 nitrogen and oxygen atoms in total. The first-order chi connectivity index (χ1) is 10.1. The highest BCUT2D eigenvalue weighted by atomic mass is 15.3. The summed E-state index contributed by atoms with van der Waals surface area (Å²) < 4.78 is 1.96. The molecule has 3 rings (SSSR count). The summed E-state index contributed by atoms with van der Waals surface area (Å²) in [6, 6.07) is 15.2. The van der Waals surface area contributed by atoms with E-state index in [1.165, 1.54) is 27.6 Å². The van der Waals surface area contributed by atoms with Gasteiger partial charge in [0.25, 0.3) is 0 Å². The van der Waals surface area contributed by atoms with Gasteiger partial charge in [-0.15, -0.1) is 0 Å². The highest BCUT2D eigenvalue weighted by Gasteiger charge is 2.21. The Morgan fingerprint density at radius 2 is 1.76 bits per heavy atom. The number of fused-ring (bicyclic) bond motifs is 1. The van der Waals surface area contributed by atoms with Crippen LogP contribution in [0.4, 0.5) is 0 Å². The zero-order chi connectivity index (χ0) is 15.0. The molecule has 0 amide bonds. The van der Waals surface area contributed by atoms with E-state index >= 15 is 0 Å². The smallest absolute Gasteiger partial charge is 0.0647 e. The second-order valence-corrected chi connectivity index (χ2v) is 5.50. The van der Waals surface area contributed by atoms with Gasteiger partial charge in [-0.1, -0.05) is 42.5 Å². The number of benzene rings is 2. The highest BCUT2D eigenvalue weighted by molar-refractivity contribution is 5.86. The molecule has 0 radical (unpaired) electrons.